The Bertz CT molecular complexity index is 269. The Morgan fingerprint density at radius 1 is 1.47 bits per heavy atom. The van der Waals surface area contributed by atoms with Gasteiger partial charge in [0.25, 0.3) is 0 Å². The molecule has 1 unspecified atom stereocenters. The van der Waals surface area contributed by atoms with Gasteiger partial charge in [-0.25, -0.2) is 0 Å². The van der Waals surface area contributed by atoms with Crippen molar-refractivity contribution in [3.8, 4) is 0 Å². The van der Waals surface area contributed by atoms with Gasteiger partial charge in [0.2, 0.25) is 5.91 Å². The molecule has 3 nitrogen and oxygen atoms in total. The summed E-state index contributed by atoms with van der Waals surface area (Å²) in [5.41, 5.74) is 5.98. The lowest BCUT2D eigenvalue weighted by atomic mass is 9.80. The van der Waals surface area contributed by atoms with Crippen LogP contribution < -0.4 is 5.73 Å². The van der Waals surface area contributed by atoms with Gasteiger partial charge < -0.3 is 10.6 Å². The van der Waals surface area contributed by atoms with Gasteiger partial charge in [0.05, 0.1) is 0 Å². The largest absolute Gasteiger partial charge is 0.345 e. The van der Waals surface area contributed by atoms with Crippen molar-refractivity contribution in [2.75, 3.05) is 13.6 Å². The van der Waals surface area contributed by atoms with E-state index in [2.05, 4.69) is 13.8 Å². The smallest absolute Gasteiger partial charge is 0.225 e. The van der Waals surface area contributed by atoms with Gasteiger partial charge in [-0.15, -0.1) is 0 Å². The van der Waals surface area contributed by atoms with Crippen LogP contribution in [0.15, 0.2) is 0 Å². The third-order valence-electron chi connectivity index (χ3n) is 3.99. The van der Waals surface area contributed by atoms with Crippen LogP contribution in [0.3, 0.4) is 0 Å². The van der Waals surface area contributed by atoms with E-state index in [4.69, 9.17) is 5.73 Å². The molecule has 0 aromatic heterocycles. The molecule has 0 heterocycles. The molecule has 0 bridgehead atoms. The molecule has 2 fully saturated rings. The van der Waals surface area contributed by atoms with E-state index < -0.39 is 0 Å². The molecule has 1 atom stereocenters. The second-order valence-corrected chi connectivity index (χ2v) is 6.06. The molecule has 0 aromatic carbocycles. The van der Waals surface area contributed by atoms with E-state index in [1.54, 1.807) is 0 Å². The van der Waals surface area contributed by atoms with Crippen molar-refractivity contribution in [2.45, 2.75) is 39.2 Å². The van der Waals surface area contributed by atoms with E-state index in [0.717, 1.165) is 25.8 Å². The molecule has 2 saturated carbocycles. The van der Waals surface area contributed by atoms with E-state index in [0.29, 0.717) is 17.9 Å². The number of hydrogen-bond acceptors (Lipinski definition) is 2. The lowest BCUT2D eigenvalue weighted by molar-refractivity contribution is -0.133. The van der Waals surface area contributed by atoms with Gasteiger partial charge in [0, 0.05) is 25.6 Å². The van der Waals surface area contributed by atoms with Gasteiger partial charge in [0.1, 0.15) is 0 Å². The summed E-state index contributed by atoms with van der Waals surface area (Å²) in [6, 6.07) is 0.385. The highest BCUT2D eigenvalue weighted by Crippen LogP contribution is 2.52. The second-order valence-electron chi connectivity index (χ2n) is 6.06. The van der Waals surface area contributed by atoms with Gasteiger partial charge in [0.15, 0.2) is 0 Å². The minimum Gasteiger partial charge on any atom is -0.345 e. The third kappa shape index (κ3) is 2.17. The van der Waals surface area contributed by atoms with Crippen LogP contribution >= 0.6 is 0 Å². The maximum atomic E-state index is 12.0. The van der Waals surface area contributed by atoms with Gasteiger partial charge in [-0.2, -0.15) is 0 Å². The van der Waals surface area contributed by atoms with Crippen molar-refractivity contribution in [3.63, 3.8) is 0 Å². The number of carbonyl (C=O) groups is 1. The quantitative estimate of drug-likeness (QED) is 0.761. The Morgan fingerprint density at radius 3 is 2.40 bits per heavy atom. The fourth-order valence-corrected chi connectivity index (χ4v) is 2.57. The Labute approximate surface area is 92.0 Å². The first-order chi connectivity index (χ1) is 6.90. The van der Waals surface area contributed by atoms with Crippen LogP contribution in [0.1, 0.15) is 33.1 Å². The standard InChI is InChI=1S/C12H22N2O/c1-12(2)6-10(12)11(15)14(3)7-8-4-9(13)5-8/h8-10H,4-7,13H2,1-3H3. The molecule has 1 amide bonds. The molecule has 2 aliphatic carbocycles. The molecular formula is C12H22N2O. The summed E-state index contributed by atoms with van der Waals surface area (Å²) in [5, 5.41) is 0. The average Bonchev–Trinajstić information content (AvgIpc) is 2.71. The van der Waals surface area contributed by atoms with Crippen LogP contribution in [0.25, 0.3) is 0 Å². The number of nitrogens with zero attached hydrogens (tertiary/aromatic N) is 1. The van der Waals surface area contributed by atoms with E-state index in [-0.39, 0.29) is 11.3 Å². The van der Waals surface area contributed by atoms with Gasteiger partial charge >= 0.3 is 0 Å². The zero-order valence-corrected chi connectivity index (χ0v) is 9.99. The number of carbonyl (C=O) groups excluding carboxylic acids is 1. The van der Waals surface area contributed by atoms with Gasteiger partial charge in [-0.3, -0.25) is 4.79 Å². The molecule has 3 heteroatoms. The van der Waals surface area contributed by atoms with Crippen LogP contribution in [-0.4, -0.2) is 30.4 Å². The molecule has 0 saturated heterocycles. The van der Waals surface area contributed by atoms with Crippen molar-refractivity contribution >= 4 is 5.91 Å². The SMILES string of the molecule is CN(CC1CC(N)C1)C(=O)C1CC1(C)C. The van der Waals surface area contributed by atoms with Crippen LogP contribution in [0.4, 0.5) is 0 Å². The Morgan fingerprint density at radius 2 is 2.00 bits per heavy atom. The highest BCUT2D eigenvalue weighted by atomic mass is 16.2. The Kier molecular flexibility index (Phi) is 2.53. The first kappa shape index (κ1) is 10.9. The Balaban J connectivity index is 1.76. The van der Waals surface area contributed by atoms with Crippen molar-refractivity contribution in [1.29, 1.82) is 0 Å². The van der Waals surface area contributed by atoms with Crippen LogP contribution in [0, 0.1) is 17.3 Å². The fraction of sp³-hybridized carbons (Fsp3) is 0.917. The molecule has 0 radical (unpaired) electrons. The highest BCUT2D eigenvalue weighted by molar-refractivity contribution is 5.82. The summed E-state index contributed by atoms with van der Waals surface area (Å²) in [7, 11) is 1.93. The van der Waals surface area contributed by atoms with Gasteiger partial charge in [-0.1, -0.05) is 13.8 Å². The second kappa shape index (κ2) is 3.48. The molecule has 0 spiro atoms. The molecule has 0 aromatic rings. The maximum Gasteiger partial charge on any atom is 0.225 e. The molecule has 2 aliphatic rings. The lowest BCUT2D eigenvalue weighted by Crippen LogP contribution is -2.43. The zero-order valence-electron chi connectivity index (χ0n) is 9.99. The van der Waals surface area contributed by atoms with Crippen molar-refractivity contribution in [1.82, 2.24) is 4.90 Å². The molecule has 86 valence electrons. The normalized spacial score (nSPS) is 36.9. The fourth-order valence-electron chi connectivity index (χ4n) is 2.57. The summed E-state index contributed by atoms with van der Waals surface area (Å²) in [4.78, 5) is 13.9. The van der Waals surface area contributed by atoms with Crippen LogP contribution in [0.2, 0.25) is 0 Å². The molecule has 15 heavy (non-hydrogen) atoms. The van der Waals surface area contributed by atoms with Crippen LogP contribution in [0.5, 0.6) is 0 Å². The number of rotatable bonds is 3. The topological polar surface area (TPSA) is 46.3 Å². The first-order valence-electron chi connectivity index (χ1n) is 5.90. The van der Waals surface area contributed by atoms with Crippen molar-refractivity contribution in [2.24, 2.45) is 23.0 Å². The highest BCUT2D eigenvalue weighted by Gasteiger charge is 2.51. The van der Waals surface area contributed by atoms with E-state index in [1.807, 2.05) is 11.9 Å². The monoisotopic (exact) mass is 210 g/mol. The number of hydrogen-bond donors (Lipinski definition) is 1. The first-order valence-corrected chi connectivity index (χ1v) is 5.90. The molecular weight excluding hydrogens is 188 g/mol. The summed E-state index contributed by atoms with van der Waals surface area (Å²) in [5.74, 6) is 1.26. The number of amides is 1. The van der Waals surface area contributed by atoms with E-state index >= 15 is 0 Å². The van der Waals surface area contributed by atoms with Crippen molar-refractivity contribution in [3.05, 3.63) is 0 Å². The molecule has 2 rings (SSSR count). The lowest BCUT2D eigenvalue weighted by Gasteiger charge is -2.35. The predicted molar refractivity (Wildman–Crippen MR) is 60.2 cm³/mol. The summed E-state index contributed by atoms with van der Waals surface area (Å²) in [6.07, 6.45) is 3.23. The maximum absolute atomic E-state index is 12.0. The van der Waals surface area contributed by atoms with E-state index in [1.165, 1.54) is 0 Å². The van der Waals surface area contributed by atoms with Crippen LogP contribution in [-0.2, 0) is 4.79 Å². The minimum absolute atomic E-state index is 0.251. The van der Waals surface area contributed by atoms with Gasteiger partial charge in [-0.05, 0) is 30.6 Å². The summed E-state index contributed by atoms with van der Waals surface area (Å²) < 4.78 is 0. The summed E-state index contributed by atoms with van der Waals surface area (Å²) >= 11 is 0. The average molecular weight is 210 g/mol. The number of nitrogens with two attached hydrogens (primary N) is 1. The molecule has 0 aliphatic heterocycles. The molecule has 2 N–H and O–H groups in total. The zero-order chi connectivity index (χ0) is 11.2. The van der Waals surface area contributed by atoms with Crippen molar-refractivity contribution < 1.29 is 4.79 Å². The summed E-state index contributed by atoms with van der Waals surface area (Å²) in [6.45, 7) is 5.24. The Hall–Kier alpha value is -0.570. The third-order valence-corrected chi connectivity index (χ3v) is 3.99. The minimum atomic E-state index is 0.251. The van der Waals surface area contributed by atoms with E-state index in [9.17, 15) is 4.79 Å². The predicted octanol–water partition coefficient (Wildman–Crippen LogP) is 1.23.